The number of nitrogens with zero attached hydrogens (tertiary/aromatic N) is 7. The van der Waals surface area contributed by atoms with E-state index in [2.05, 4.69) is 9.97 Å². The van der Waals surface area contributed by atoms with Crippen molar-refractivity contribution in [2.45, 2.75) is 89.8 Å². The summed E-state index contributed by atoms with van der Waals surface area (Å²) in [6, 6.07) is 7.58. The number of piperazine rings is 1. The molecule has 1 aliphatic heterocycles. The van der Waals surface area contributed by atoms with E-state index in [-0.39, 0.29) is 46.3 Å². The summed E-state index contributed by atoms with van der Waals surface area (Å²) in [6.45, 7) is 10.2. The topological polar surface area (TPSA) is 106 Å². The van der Waals surface area contributed by atoms with E-state index in [1.54, 1.807) is 35.5 Å². The van der Waals surface area contributed by atoms with Gasteiger partial charge in [-0.15, -0.1) is 0 Å². The smallest absolute Gasteiger partial charge is 0.410 e. The molecule has 12 heteroatoms. The lowest BCUT2D eigenvalue weighted by molar-refractivity contribution is 0.0192. The van der Waals surface area contributed by atoms with Gasteiger partial charge in [-0.3, -0.25) is 0 Å². The highest BCUT2D eigenvalue weighted by molar-refractivity contribution is 6.33. The molecule has 3 fully saturated rings. The minimum absolute atomic E-state index is 0.219. The monoisotopic (exact) mass is 645 g/mol. The predicted octanol–water partition coefficient (Wildman–Crippen LogP) is 6.62. The van der Waals surface area contributed by atoms with Crippen molar-refractivity contribution in [1.82, 2.24) is 29.4 Å². The number of amides is 1. The maximum Gasteiger partial charge on any atom is 0.410 e. The first-order valence-corrected chi connectivity index (χ1v) is 16.3. The lowest BCUT2D eigenvalue weighted by Gasteiger charge is -2.45. The summed E-state index contributed by atoms with van der Waals surface area (Å²) in [7, 11) is 0. The first kappa shape index (κ1) is 30.5. The third kappa shape index (κ3) is 5.59. The van der Waals surface area contributed by atoms with Gasteiger partial charge in [0.05, 0.1) is 33.2 Å². The molecule has 1 aromatic carbocycles. The summed E-state index contributed by atoms with van der Waals surface area (Å²) in [5.41, 5.74) is 1.88. The SMILES string of the molecule is C[C@@H]1CN(C(=O)OC(C)(C)C)C[C@H](C)N1c1nc(=O)n(-c2c(C3CC3)ncnc2C2CC2)c2nc(-c3ccccc3F)c(Cl)cc12. The standard InChI is InChI=1S/C34H37ClFN7O3/c1-18-15-41(33(45)46-34(3,4)5)16-19(2)42(18)31-23-14-24(35)28(22-8-6-7-9-25(22)36)39-30(23)43(32(44)40-31)29-26(20-10-11-20)37-17-38-27(29)21-12-13-21/h6-9,14,17-21H,10-13,15-16H2,1-5H3/t18-,19+. The van der Waals surface area contributed by atoms with Crippen LogP contribution in [0.25, 0.3) is 28.0 Å². The van der Waals surface area contributed by atoms with E-state index in [0.717, 1.165) is 37.1 Å². The van der Waals surface area contributed by atoms with E-state index in [9.17, 15) is 9.59 Å². The molecule has 3 aliphatic rings. The molecule has 1 saturated heterocycles. The van der Waals surface area contributed by atoms with Gasteiger partial charge < -0.3 is 14.5 Å². The number of halogens is 2. The van der Waals surface area contributed by atoms with Crippen molar-refractivity contribution >= 4 is 34.5 Å². The van der Waals surface area contributed by atoms with Crippen LogP contribution >= 0.6 is 11.6 Å². The molecule has 4 heterocycles. The van der Waals surface area contributed by atoms with Crippen molar-refractivity contribution in [2.24, 2.45) is 0 Å². The Kier molecular flexibility index (Phi) is 7.49. The van der Waals surface area contributed by atoms with Crippen LogP contribution in [0.4, 0.5) is 15.0 Å². The second-order valence-corrected chi connectivity index (χ2v) is 14.2. The molecule has 2 atom stereocenters. The summed E-state index contributed by atoms with van der Waals surface area (Å²) in [4.78, 5) is 50.1. The summed E-state index contributed by atoms with van der Waals surface area (Å²) >= 11 is 6.88. The van der Waals surface area contributed by atoms with Crippen molar-refractivity contribution in [3.63, 3.8) is 0 Å². The first-order chi connectivity index (χ1) is 21.9. The van der Waals surface area contributed by atoms with Crippen LogP contribution < -0.4 is 10.6 Å². The average Bonchev–Trinajstić information content (AvgIpc) is 3.90. The van der Waals surface area contributed by atoms with Gasteiger partial charge in [0.1, 0.15) is 23.6 Å². The Morgan fingerprint density at radius 2 is 1.59 bits per heavy atom. The molecule has 0 bridgehead atoms. The lowest BCUT2D eigenvalue weighted by Crippen LogP contribution is -2.59. The van der Waals surface area contributed by atoms with Crippen LogP contribution in [0.1, 0.15) is 83.5 Å². The molecule has 2 aliphatic carbocycles. The molecule has 0 N–H and O–H groups in total. The number of ether oxygens (including phenoxy) is 1. The third-order valence-corrected chi connectivity index (χ3v) is 9.06. The zero-order valence-corrected chi connectivity index (χ0v) is 27.4. The quantitative estimate of drug-likeness (QED) is 0.238. The van der Waals surface area contributed by atoms with Gasteiger partial charge in [0, 0.05) is 42.6 Å². The fourth-order valence-electron chi connectivity index (χ4n) is 6.51. The predicted molar refractivity (Wildman–Crippen MR) is 174 cm³/mol. The van der Waals surface area contributed by atoms with Gasteiger partial charge >= 0.3 is 11.8 Å². The number of rotatable bonds is 5. The van der Waals surface area contributed by atoms with Crippen molar-refractivity contribution in [3.05, 3.63) is 69.4 Å². The van der Waals surface area contributed by atoms with Gasteiger partial charge in [-0.05, 0) is 78.5 Å². The Bertz CT molecular complexity index is 1880. The van der Waals surface area contributed by atoms with Gasteiger partial charge in [-0.1, -0.05) is 23.7 Å². The molecule has 0 radical (unpaired) electrons. The van der Waals surface area contributed by atoms with Crippen molar-refractivity contribution in [1.29, 1.82) is 0 Å². The summed E-state index contributed by atoms with van der Waals surface area (Å²) < 4.78 is 22.3. The molecule has 0 unspecified atom stereocenters. The van der Waals surface area contributed by atoms with E-state index in [4.69, 9.17) is 26.3 Å². The molecule has 3 aromatic heterocycles. The van der Waals surface area contributed by atoms with E-state index < -0.39 is 17.1 Å². The Morgan fingerprint density at radius 1 is 0.978 bits per heavy atom. The Morgan fingerprint density at radius 3 is 2.15 bits per heavy atom. The maximum absolute atomic E-state index is 15.1. The van der Waals surface area contributed by atoms with Crippen molar-refractivity contribution in [3.8, 4) is 16.9 Å². The lowest BCUT2D eigenvalue weighted by atomic mass is 10.1. The largest absolute Gasteiger partial charge is 0.444 e. The number of pyridine rings is 1. The van der Waals surface area contributed by atoms with Crippen LogP contribution in [-0.4, -0.2) is 66.3 Å². The fraction of sp³-hybridized carbons (Fsp3) is 0.471. The van der Waals surface area contributed by atoms with Gasteiger partial charge in [0.2, 0.25) is 0 Å². The highest BCUT2D eigenvalue weighted by atomic mass is 35.5. The number of carbonyl (C=O) groups is 1. The first-order valence-electron chi connectivity index (χ1n) is 15.9. The highest BCUT2D eigenvalue weighted by Crippen LogP contribution is 2.48. The van der Waals surface area contributed by atoms with Crippen LogP contribution in [0.5, 0.6) is 0 Å². The van der Waals surface area contributed by atoms with Crippen LogP contribution in [0.2, 0.25) is 5.02 Å². The van der Waals surface area contributed by atoms with Crippen LogP contribution in [-0.2, 0) is 4.74 Å². The second-order valence-electron chi connectivity index (χ2n) is 13.8. The zero-order chi connectivity index (χ0) is 32.5. The number of anilines is 1. The Balaban J connectivity index is 1.44. The molecule has 1 amide bonds. The van der Waals surface area contributed by atoms with Gasteiger partial charge in [-0.2, -0.15) is 4.98 Å². The normalized spacial score (nSPS) is 20.3. The average molecular weight is 646 g/mol. The summed E-state index contributed by atoms with van der Waals surface area (Å²) in [5.74, 6) is 0.376. The fourth-order valence-corrected chi connectivity index (χ4v) is 6.76. The van der Waals surface area contributed by atoms with Gasteiger partial charge in [0.15, 0.2) is 5.65 Å². The number of aromatic nitrogens is 5. The third-order valence-electron chi connectivity index (χ3n) is 8.78. The molecule has 240 valence electrons. The Hall–Kier alpha value is -4.12. The molecular formula is C34H37ClFN7O3. The molecule has 4 aromatic rings. The molecule has 10 nitrogen and oxygen atoms in total. The van der Waals surface area contributed by atoms with E-state index in [0.29, 0.717) is 35.6 Å². The zero-order valence-electron chi connectivity index (χ0n) is 26.6. The second kappa shape index (κ2) is 11.3. The number of hydrogen-bond donors (Lipinski definition) is 0. The van der Waals surface area contributed by atoms with E-state index in [1.165, 1.54) is 10.6 Å². The van der Waals surface area contributed by atoms with Gasteiger partial charge in [-0.25, -0.2) is 33.5 Å². The van der Waals surface area contributed by atoms with E-state index >= 15 is 4.39 Å². The molecular weight excluding hydrogens is 609 g/mol. The van der Waals surface area contributed by atoms with Crippen molar-refractivity contribution < 1.29 is 13.9 Å². The highest BCUT2D eigenvalue weighted by Gasteiger charge is 2.39. The van der Waals surface area contributed by atoms with Crippen molar-refractivity contribution in [2.75, 3.05) is 18.0 Å². The van der Waals surface area contributed by atoms with Crippen LogP contribution in [0, 0.1) is 5.82 Å². The Labute approximate surface area is 271 Å². The van der Waals surface area contributed by atoms with Crippen LogP contribution in [0.3, 0.4) is 0 Å². The molecule has 2 saturated carbocycles. The molecule has 46 heavy (non-hydrogen) atoms. The minimum atomic E-state index is -0.624. The van der Waals surface area contributed by atoms with Crippen LogP contribution in [0.15, 0.2) is 41.5 Å². The number of hydrogen-bond acceptors (Lipinski definition) is 8. The van der Waals surface area contributed by atoms with Gasteiger partial charge in [0.25, 0.3) is 0 Å². The number of benzene rings is 1. The molecule has 0 spiro atoms. The van der Waals surface area contributed by atoms with E-state index in [1.807, 2.05) is 39.5 Å². The molecule has 7 rings (SSSR count). The maximum atomic E-state index is 15.1. The number of fused-ring (bicyclic) bond motifs is 1. The minimum Gasteiger partial charge on any atom is -0.444 e. The summed E-state index contributed by atoms with van der Waals surface area (Å²) in [6.07, 6.45) is 5.10. The summed E-state index contributed by atoms with van der Waals surface area (Å²) in [5, 5.41) is 0.772. The number of carbonyl (C=O) groups excluding carboxylic acids is 1.